The summed E-state index contributed by atoms with van der Waals surface area (Å²) >= 11 is 5.76. The number of halogens is 1. The lowest BCUT2D eigenvalue weighted by Gasteiger charge is -2.24. The summed E-state index contributed by atoms with van der Waals surface area (Å²) in [6.45, 7) is 19.0. The SMILES string of the molecule is CC(C)(C)OCOC(C)(C)C.CC(C)(C)c1ccc(Cl)cc1. The van der Waals surface area contributed by atoms with Gasteiger partial charge in [-0.1, -0.05) is 44.5 Å². The van der Waals surface area contributed by atoms with Crippen LogP contribution in [0.15, 0.2) is 24.3 Å². The Labute approximate surface area is 142 Å². The van der Waals surface area contributed by atoms with Crippen molar-refractivity contribution in [1.29, 1.82) is 0 Å². The van der Waals surface area contributed by atoms with E-state index in [0.717, 1.165) is 5.02 Å². The van der Waals surface area contributed by atoms with Gasteiger partial charge < -0.3 is 9.47 Å². The molecule has 1 aromatic rings. The minimum atomic E-state index is -0.106. The number of hydrogen-bond donors (Lipinski definition) is 0. The maximum Gasteiger partial charge on any atom is 0.148 e. The molecule has 2 nitrogen and oxygen atoms in total. The molecule has 22 heavy (non-hydrogen) atoms. The van der Waals surface area contributed by atoms with Gasteiger partial charge in [0.2, 0.25) is 0 Å². The lowest BCUT2D eigenvalue weighted by molar-refractivity contribution is -0.163. The first-order valence-electron chi connectivity index (χ1n) is 7.75. The Morgan fingerprint density at radius 2 is 1.09 bits per heavy atom. The third kappa shape index (κ3) is 12.0. The Hall–Kier alpha value is -0.570. The highest BCUT2D eigenvalue weighted by Crippen LogP contribution is 2.23. The number of hydrogen-bond acceptors (Lipinski definition) is 2. The second-order valence-electron chi connectivity index (χ2n) is 8.39. The smallest absolute Gasteiger partial charge is 0.148 e. The zero-order valence-electron chi connectivity index (χ0n) is 15.7. The molecular weight excluding hydrogens is 296 g/mol. The van der Waals surface area contributed by atoms with Crippen LogP contribution in [0.3, 0.4) is 0 Å². The van der Waals surface area contributed by atoms with Crippen molar-refractivity contribution in [3.05, 3.63) is 34.9 Å². The molecule has 0 heterocycles. The van der Waals surface area contributed by atoms with Gasteiger partial charge in [0.05, 0.1) is 11.2 Å². The van der Waals surface area contributed by atoms with E-state index < -0.39 is 0 Å². The van der Waals surface area contributed by atoms with Gasteiger partial charge in [-0.2, -0.15) is 0 Å². The molecule has 128 valence electrons. The van der Waals surface area contributed by atoms with Crippen molar-refractivity contribution in [2.75, 3.05) is 6.79 Å². The first-order valence-corrected chi connectivity index (χ1v) is 8.12. The van der Waals surface area contributed by atoms with Crippen LogP contribution in [-0.2, 0) is 14.9 Å². The Morgan fingerprint density at radius 3 is 1.36 bits per heavy atom. The molecule has 0 unspecified atom stereocenters. The Balaban J connectivity index is 0.000000401. The van der Waals surface area contributed by atoms with Gasteiger partial charge in [-0.25, -0.2) is 0 Å². The van der Waals surface area contributed by atoms with Crippen molar-refractivity contribution in [2.45, 2.75) is 78.9 Å². The molecule has 0 bridgehead atoms. The molecule has 0 saturated heterocycles. The molecular formula is C19H33ClO2. The fraction of sp³-hybridized carbons (Fsp3) is 0.684. The minimum absolute atomic E-state index is 0.106. The summed E-state index contributed by atoms with van der Waals surface area (Å²) in [7, 11) is 0. The first-order chi connectivity index (χ1) is 9.71. The van der Waals surface area contributed by atoms with Crippen LogP contribution in [0.4, 0.5) is 0 Å². The van der Waals surface area contributed by atoms with E-state index in [2.05, 4.69) is 32.9 Å². The molecule has 1 rings (SSSR count). The predicted octanol–water partition coefficient (Wildman–Crippen LogP) is 6.21. The van der Waals surface area contributed by atoms with Crippen LogP contribution < -0.4 is 0 Å². The van der Waals surface area contributed by atoms with Gasteiger partial charge in [0, 0.05) is 5.02 Å². The summed E-state index contributed by atoms with van der Waals surface area (Å²) in [6.07, 6.45) is 0. The maximum atomic E-state index is 5.76. The average molecular weight is 329 g/mol. The molecule has 0 atom stereocenters. The zero-order chi connectivity index (χ0) is 17.6. The summed E-state index contributed by atoms with van der Waals surface area (Å²) in [5.41, 5.74) is 1.34. The lowest BCUT2D eigenvalue weighted by Crippen LogP contribution is -2.26. The molecule has 0 radical (unpaired) electrons. The molecule has 0 fully saturated rings. The van der Waals surface area contributed by atoms with Gasteiger partial charge in [-0.3, -0.25) is 0 Å². The van der Waals surface area contributed by atoms with E-state index in [1.165, 1.54) is 5.56 Å². The molecule has 0 amide bonds. The van der Waals surface area contributed by atoms with Crippen molar-refractivity contribution in [3.63, 3.8) is 0 Å². The number of rotatable bonds is 2. The first kappa shape index (κ1) is 21.4. The van der Waals surface area contributed by atoms with Crippen LogP contribution in [0.5, 0.6) is 0 Å². The van der Waals surface area contributed by atoms with Crippen molar-refractivity contribution in [1.82, 2.24) is 0 Å². The van der Waals surface area contributed by atoms with Crippen molar-refractivity contribution < 1.29 is 9.47 Å². The second kappa shape index (κ2) is 8.33. The highest BCUT2D eigenvalue weighted by Gasteiger charge is 2.14. The highest BCUT2D eigenvalue weighted by molar-refractivity contribution is 6.30. The van der Waals surface area contributed by atoms with E-state index in [4.69, 9.17) is 21.1 Å². The van der Waals surface area contributed by atoms with Crippen LogP contribution in [-0.4, -0.2) is 18.0 Å². The fourth-order valence-electron chi connectivity index (χ4n) is 1.33. The van der Waals surface area contributed by atoms with E-state index in [-0.39, 0.29) is 16.6 Å². The van der Waals surface area contributed by atoms with Crippen LogP contribution >= 0.6 is 11.6 Å². The summed E-state index contributed by atoms with van der Waals surface area (Å²) in [5, 5.41) is 0.804. The largest absolute Gasteiger partial charge is 0.350 e. The van der Waals surface area contributed by atoms with Gasteiger partial charge in [0.15, 0.2) is 0 Å². The van der Waals surface area contributed by atoms with Gasteiger partial charge in [-0.15, -0.1) is 0 Å². The molecule has 3 heteroatoms. The van der Waals surface area contributed by atoms with Crippen molar-refractivity contribution in [2.24, 2.45) is 0 Å². The Bertz CT molecular complexity index is 403. The monoisotopic (exact) mass is 328 g/mol. The molecule has 0 aliphatic carbocycles. The molecule has 0 aliphatic heterocycles. The summed E-state index contributed by atoms with van der Waals surface area (Å²) in [4.78, 5) is 0. The summed E-state index contributed by atoms with van der Waals surface area (Å²) < 4.78 is 10.8. The van der Waals surface area contributed by atoms with Gasteiger partial charge in [0.25, 0.3) is 0 Å². The van der Waals surface area contributed by atoms with E-state index in [0.29, 0.717) is 6.79 Å². The predicted molar refractivity (Wildman–Crippen MR) is 96.7 cm³/mol. The fourth-order valence-corrected chi connectivity index (χ4v) is 1.46. The molecule has 0 spiro atoms. The van der Waals surface area contributed by atoms with E-state index in [1.54, 1.807) is 0 Å². The minimum Gasteiger partial charge on any atom is -0.350 e. The van der Waals surface area contributed by atoms with Crippen LogP contribution in [0.1, 0.15) is 67.9 Å². The van der Waals surface area contributed by atoms with E-state index in [1.807, 2.05) is 53.7 Å². The summed E-state index contributed by atoms with van der Waals surface area (Å²) in [5.74, 6) is 0. The molecule has 1 aromatic carbocycles. The normalized spacial score (nSPS) is 12.6. The van der Waals surface area contributed by atoms with Gasteiger partial charge in [-0.05, 0) is 64.7 Å². The number of benzene rings is 1. The Morgan fingerprint density at radius 1 is 0.727 bits per heavy atom. The molecule has 0 aromatic heterocycles. The summed E-state index contributed by atoms with van der Waals surface area (Å²) in [6, 6.07) is 8.01. The average Bonchev–Trinajstić information content (AvgIpc) is 2.25. The third-order valence-electron chi connectivity index (χ3n) is 2.69. The van der Waals surface area contributed by atoms with E-state index in [9.17, 15) is 0 Å². The molecule has 0 N–H and O–H groups in total. The zero-order valence-corrected chi connectivity index (χ0v) is 16.5. The third-order valence-corrected chi connectivity index (χ3v) is 2.95. The van der Waals surface area contributed by atoms with Crippen LogP contribution in [0, 0.1) is 0 Å². The van der Waals surface area contributed by atoms with Crippen LogP contribution in [0.25, 0.3) is 0 Å². The van der Waals surface area contributed by atoms with Crippen LogP contribution in [0.2, 0.25) is 5.02 Å². The number of ether oxygens (including phenoxy) is 2. The van der Waals surface area contributed by atoms with Crippen molar-refractivity contribution >= 4 is 11.6 Å². The maximum absolute atomic E-state index is 5.76. The van der Waals surface area contributed by atoms with Gasteiger partial charge >= 0.3 is 0 Å². The highest BCUT2D eigenvalue weighted by atomic mass is 35.5. The second-order valence-corrected chi connectivity index (χ2v) is 8.82. The standard InChI is InChI=1S/C10H13Cl.C9H20O2/c1-10(2,3)8-4-6-9(11)7-5-8;1-8(2,3)10-7-11-9(4,5)6/h4-7H,1-3H3;7H2,1-6H3. The quantitative estimate of drug-likeness (QED) is 0.601. The molecule has 0 saturated carbocycles. The molecule has 0 aliphatic rings. The topological polar surface area (TPSA) is 18.5 Å². The van der Waals surface area contributed by atoms with Gasteiger partial charge in [0.1, 0.15) is 6.79 Å². The Kier molecular flexibility index (Phi) is 8.11. The van der Waals surface area contributed by atoms with Crippen molar-refractivity contribution in [3.8, 4) is 0 Å². The lowest BCUT2D eigenvalue weighted by atomic mass is 9.87. The van der Waals surface area contributed by atoms with E-state index >= 15 is 0 Å².